The topological polar surface area (TPSA) is 81.7 Å². The van der Waals surface area contributed by atoms with Gasteiger partial charge in [0.25, 0.3) is 0 Å². The van der Waals surface area contributed by atoms with E-state index >= 15 is 0 Å². The van der Waals surface area contributed by atoms with E-state index in [1.54, 1.807) is 27.7 Å². The molecule has 0 aliphatic carbocycles. The number of allylic oxidation sites excluding steroid dienone is 2. The zero-order valence-corrected chi connectivity index (χ0v) is 17.6. The van der Waals surface area contributed by atoms with Gasteiger partial charge in [0.15, 0.2) is 0 Å². The Bertz CT molecular complexity index is 735. The minimum atomic E-state index is -0.602. The number of ether oxygens (including phenoxy) is 2. The number of amides is 1. The fourth-order valence-corrected chi connectivity index (χ4v) is 3.17. The Morgan fingerprint density at radius 1 is 1.17 bits per heavy atom. The quantitative estimate of drug-likeness (QED) is 0.614. The van der Waals surface area contributed by atoms with E-state index in [0.717, 1.165) is 5.56 Å². The molecule has 1 amide bonds. The summed E-state index contributed by atoms with van der Waals surface area (Å²) in [6.45, 7) is 7.20. The number of esters is 2. The number of carbonyl (C=O) groups excluding carboxylic acids is 3. The third-order valence-corrected chi connectivity index (χ3v) is 4.52. The highest BCUT2D eigenvalue weighted by atomic mass is 16.6. The summed E-state index contributed by atoms with van der Waals surface area (Å²) in [6, 6.07) is 8.89. The fraction of sp³-hybridized carbons (Fsp3) is 0.522. The second-order valence-electron chi connectivity index (χ2n) is 8.35. The molecule has 0 bridgehead atoms. The van der Waals surface area contributed by atoms with E-state index in [1.807, 2.05) is 42.5 Å². The maximum absolute atomic E-state index is 12.9. The Morgan fingerprint density at radius 2 is 1.86 bits per heavy atom. The lowest BCUT2D eigenvalue weighted by Gasteiger charge is -2.28. The molecule has 158 valence electrons. The van der Waals surface area contributed by atoms with Crippen molar-refractivity contribution in [3.05, 3.63) is 48.0 Å². The normalized spacial score (nSPS) is 25.0. The molecule has 0 fully saturated rings. The summed E-state index contributed by atoms with van der Waals surface area (Å²) in [5, 5.41) is 2.93. The molecule has 1 aliphatic heterocycles. The lowest BCUT2D eigenvalue weighted by Crippen LogP contribution is -2.42. The first kappa shape index (κ1) is 22.7. The first-order valence-corrected chi connectivity index (χ1v) is 10.1. The molecule has 0 saturated heterocycles. The van der Waals surface area contributed by atoms with Crippen molar-refractivity contribution >= 4 is 17.8 Å². The molecule has 1 N–H and O–H groups in total. The Hall–Kier alpha value is -2.63. The predicted octanol–water partition coefficient (Wildman–Crippen LogP) is 3.86. The maximum Gasteiger partial charge on any atom is 0.307 e. The molecule has 1 aromatic carbocycles. The smallest absolute Gasteiger partial charge is 0.307 e. The van der Waals surface area contributed by atoms with Gasteiger partial charge in [-0.25, -0.2) is 0 Å². The van der Waals surface area contributed by atoms with E-state index in [4.69, 9.17) is 9.47 Å². The number of carbonyl (C=O) groups is 3. The number of hydrogen-bond acceptors (Lipinski definition) is 5. The van der Waals surface area contributed by atoms with Crippen LogP contribution in [0.5, 0.6) is 0 Å². The van der Waals surface area contributed by atoms with Gasteiger partial charge >= 0.3 is 11.9 Å². The standard InChI is InChI=1S/C23H31NO5/c1-16-21(17-11-7-5-8-12-17)28-19(25)14-10-6-9-13-18(22(27)24-16)15-20(26)29-23(2,3)4/h5-9,11-12,16,18,21H,10,13-15H2,1-4H3,(H,24,27)/b9-6+/t16-,18-,21-/m0/s1. The third-order valence-electron chi connectivity index (χ3n) is 4.52. The lowest BCUT2D eigenvalue weighted by molar-refractivity contribution is -0.157. The van der Waals surface area contributed by atoms with Crippen LogP contribution in [0.2, 0.25) is 0 Å². The number of cyclic esters (lactones) is 1. The molecule has 0 saturated carbocycles. The van der Waals surface area contributed by atoms with E-state index in [0.29, 0.717) is 12.8 Å². The van der Waals surface area contributed by atoms with Gasteiger partial charge in [0, 0.05) is 6.42 Å². The van der Waals surface area contributed by atoms with Gasteiger partial charge in [0.05, 0.1) is 18.4 Å². The van der Waals surface area contributed by atoms with Crippen LogP contribution in [0.4, 0.5) is 0 Å². The molecular weight excluding hydrogens is 370 g/mol. The van der Waals surface area contributed by atoms with Crippen molar-refractivity contribution in [1.29, 1.82) is 0 Å². The SMILES string of the molecule is C[C@@H]1NC(=O)[C@H](CC(=O)OC(C)(C)C)C/C=C/CCC(=O)O[C@@H]1c1ccccc1. The molecule has 6 heteroatoms. The van der Waals surface area contributed by atoms with Gasteiger partial charge in [-0.2, -0.15) is 0 Å². The van der Waals surface area contributed by atoms with Crippen LogP contribution in [0, 0.1) is 5.92 Å². The molecule has 0 unspecified atom stereocenters. The van der Waals surface area contributed by atoms with Gasteiger partial charge in [-0.05, 0) is 46.1 Å². The molecule has 6 nitrogen and oxygen atoms in total. The molecule has 0 spiro atoms. The zero-order chi connectivity index (χ0) is 21.4. The van der Waals surface area contributed by atoms with Crippen LogP contribution in [0.1, 0.15) is 65.0 Å². The lowest BCUT2D eigenvalue weighted by atomic mass is 9.97. The molecule has 29 heavy (non-hydrogen) atoms. The van der Waals surface area contributed by atoms with E-state index in [1.165, 1.54) is 0 Å². The van der Waals surface area contributed by atoms with Crippen molar-refractivity contribution in [3.63, 3.8) is 0 Å². The molecule has 3 atom stereocenters. The highest BCUT2D eigenvalue weighted by Gasteiger charge is 2.30. The van der Waals surface area contributed by atoms with E-state index < -0.39 is 29.6 Å². The van der Waals surface area contributed by atoms with Gasteiger partial charge in [-0.15, -0.1) is 0 Å². The van der Waals surface area contributed by atoms with Crippen molar-refractivity contribution in [2.45, 2.75) is 71.1 Å². The van der Waals surface area contributed by atoms with Crippen molar-refractivity contribution in [2.24, 2.45) is 5.92 Å². The van der Waals surface area contributed by atoms with Gasteiger partial charge < -0.3 is 14.8 Å². The van der Waals surface area contributed by atoms with Crippen LogP contribution in [-0.4, -0.2) is 29.5 Å². The summed E-state index contributed by atoms with van der Waals surface area (Å²) in [7, 11) is 0. The molecule has 1 aliphatic rings. The molecule has 2 rings (SSSR count). The largest absolute Gasteiger partial charge is 0.460 e. The average Bonchev–Trinajstić information content (AvgIpc) is 2.63. The summed E-state index contributed by atoms with van der Waals surface area (Å²) in [4.78, 5) is 37.4. The van der Waals surface area contributed by atoms with Crippen LogP contribution in [0.25, 0.3) is 0 Å². The molecular formula is C23H31NO5. The van der Waals surface area contributed by atoms with E-state index in [-0.39, 0.29) is 24.7 Å². The van der Waals surface area contributed by atoms with E-state index in [9.17, 15) is 14.4 Å². The van der Waals surface area contributed by atoms with Gasteiger partial charge in [-0.3, -0.25) is 14.4 Å². The average molecular weight is 402 g/mol. The molecule has 1 aromatic rings. The fourth-order valence-electron chi connectivity index (χ4n) is 3.17. The van der Waals surface area contributed by atoms with Crippen LogP contribution >= 0.6 is 0 Å². The Morgan fingerprint density at radius 3 is 2.52 bits per heavy atom. The summed E-state index contributed by atoms with van der Waals surface area (Å²) in [6.07, 6.45) is 4.27. The third kappa shape index (κ3) is 7.72. The number of nitrogens with one attached hydrogen (secondary N) is 1. The van der Waals surface area contributed by atoms with Crippen LogP contribution in [0.3, 0.4) is 0 Å². The maximum atomic E-state index is 12.9. The second-order valence-corrected chi connectivity index (χ2v) is 8.35. The number of rotatable bonds is 3. The highest BCUT2D eigenvalue weighted by Crippen LogP contribution is 2.24. The van der Waals surface area contributed by atoms with Gasteiger partial charge in [-0.1, -0.05) is 42.5 Å². The zero-order valence-electron chi connectivity index (χ0n) is 17.6. The van der Waals surface area contributed by atoms with Crippen molar-refractivity contribution in [1.82, 2.24) is 5.32 Å². The predicted molar refractivity (Wildman–Crippen MR) is 110 cm³/mol. The Balaban J connectivity index is 2.20. The minimum Gasteiger partial charge on any atom is -0.460 e. The molecule has 0 aromatic heterocycles. The summed E-state index contributed by atoms with van der Waals surface area (Å²) < 4.78 is 11.1. The van der Waals surface area contributed by atoms with Crippen molar-refractivity contribution in [2.75, 3.05) is 0 Å². The number of benzene rings is 1. The monoisotopic (exact) mass is 401 g/mol. The minimum absolute atomic E-state index is 0.00401. The first-order valence-electron chi connectivity index (χ1n) is 10.1. The number of hydrogen-bond donors (Lipinski definition) is 1. The van der Waals surface area contributed by atoms with Gasteiger partial charge in [0.1, 0.15) is 11.7 Å². The summed E-state index contributed by atoms with van der Waals surface area (Å²) in [5.74, 6) is -1.52. The second kappa shape index (κ2) is 10.2. The van der Waals surface area contributed by atoms with Crippen molar-refractivity contribution in [3.8, 4) is 0 Å². The van der Waals surface area contributed by atoms with E-state index in [2.05, 4.69) is 5.32 Å². The summed E-state index contributed by atoms with van der Waals surface area (Å²) >= 11 is 0. The molecule has 0 radical (unpaired) electrons. The van der Waals surface area contributed by atoms with Crippen LogP contribution in [-0.2, 0) is 23.9 Å². The Kier molecular flexibility index (Phi) is 8.00. The van der Waals surface area contributed by atoms with Crippen LogP contribution < -0.4 is 5.32 Å². The first-order chi connectivity index (χ1) is 13.7. The van der Waals surface area contributed by atoms with Gasteiger partial charge in [0.2, 0.25) is 5.91 Å². The van der Waals surface area contributed by atoms with Crippen LogP contribution in [0.15, 0.2) is 42.5 Å². The van der Waals surface area contributed by atoms with Crippen molar-refractivity contribution < 1.29 is 23.9 Å². The molecule has 1 heterocycles. The Labute approximate surface area is 172 Å². The highest BCUT2D eigenvalue weighted by molar-refractivity contribution is 5.84. The summed E-state index contributed by atoms with van der Waals surface area (Å²) in [5.41, 5.74) is 0.208.